The molecule has 0 amide bonds. The smallest absolute Gasteiger partial charge is 0.0591 e. The van der Waals surface area contributed by atoms with Gasteiger partial charge in [0.05, 0.1) is 13.2 Å². The number of nitrogens with one attached hydrogen (secondary N) is 1. The molecule has 0 aromatic carbocycles. The average molecular weight is 262 g/mol. The summed E-state index contributed by atoms with van der Waals surface area (Å²) in [7, 11) is 0. The van der Waals surface area contributed by atoms with Gasteiger partial charge in [0.25, 0.3) is 0 Å². The van der Waals surface area contributed by atoms with E-state index in [1.165, 1.54) is 0 Å². The molecule has 1 fully saturated rings. The molecule has 1 N–H and O–H groups in total. The van der Waals surface area contributed by atoms with E-state index in [0.29, 0.717) is 0 Å². The summed E-state index contributed by atoms with van der Waals surface area (Å²) in [6.07, 6.45) is 0. The Morgan fingerprint density at radius 1 is 1.14 bits per heavy atom. The Balaban J connectivity index is 0.000000360. The minimum Gasteiger partial charge on any atom is -0.379 e. The van der Waals surface area contributed by atoms with Crippen molar-refractivity contribution in [2.45, 2.75) is 0 Å². The second-order valence-electron chi connectivity index (χ2n) is 1.36. The van der Waals surface area contributed by atoms with Crippen molar-refractivity contribution in [3.8, 4) is 0 Å². The minimum absolute atomic E-state index is 0. The van der Waals surface area contributed by atoms with Crippen LogP contribution in [0.25, 0.3) is 0 Å². The molecule has 3 heteroatoms. The van der Waals surface area contributed by atoms with Crippen molar-refractivity contribution in [3.63, 3.8) is 0 Å². The summed E-state index contributed by atoms with van der Waals surface area (Å²) >= 11 is 0. The molecule has 1 aliphatic rings. The third-order valence-electron chi connectivity index (χ3n) is 0.846. The molecule has 0 unspecified atom stereocenters. The molecule has 1 radical (unpaired) electrons. The van der Waals surface area contributed by atoms with Crippen LogP contribution >= 0.6 is 0 Å². The summed E-state index contributed by atoms with van der Waals surface area (Å²) in [6, 6.07) is 0. The van der Waals surface area contributed by atoms with Crippen LogP contribution in [-0.4, -0.2) is 26.3 Å². The molecular weight excluding hydrogens is 253 g/mol. The van der Waals surface area contributed by atoms with E-state index in [1.807, 2.05) is 0 Å². The maximum Gasteiger partial charge on any atom is 0.0591 e. The first-order valence-corrected chi connectivity index (χ1v) is 2.28. The van der Waals surface area contributed by atoms with Crippen molar-refractivity contribution in [2.24, 2.45) is 0 Å². The standard InChI is InChI=1S/C4H9NO.Lu/c1-3-6-4-2-5-1;/h5H,1-4H2;. The van der Waals surface area contributed by atoms with Gasteiger partial charge in [-0.3, -0.25) is 0 Å². The maximum atomic E-state index is 5.01. The quantitative estimate of drug-likeness (QED) is 0.641. The molecule has 1 aliphatic heterocycles. The first kappa shape index (κ1) is 8.15. The van der Waals surface area contributed by atoms with Crippen molar-refractivity contribution in [3.05, 3.63) is 0 Å². The van der Waals surface area contributed by atoms with Crippen LogP contribution in [0.5, 0.6) is 0 Å². The van der Waals surface area contributed by atoms with Crippen LogP contribution in [0.1, 0.15) is 0 Å². The van der Waals surface area contributed by atoms with Crippen LogP contribution in [0.15, 0.2) is 0 Å². The second kappa shape index (κ2) is 5.29. The van der Waals surface area contributed by atoms with E-state index in [9.17, 15) is 0 Å². The maximum absolute atomic E-state index is 5.01. The Labute approximate surface area is 72.8 Å². The zero-order valence-corrected chi connectivity index (χ0v) is 5.65. The summed E-state index contributed by atoms with van der Waals surface area (Å²) in [5.41, 5.74) is 0. The first-order chi connectivity index (χ1) is 3.00. The molecule has 0 spiro atoms. The summed E-state index contributed by atoms with van der Waals surface area (Å²) in [4.78, 5) is 0. The van der Waals surface area contributed by atoms with Gasteiger partial charge in [-0.1, -0.05) is 0 Å². The molecule has 0 bridgehead atoms. The Bertz CT molecular complexity index is 27.2. The van der Waals surface area contributed by atoms with Crippen LogP contribution in [0.4, 0.5) is 0 Å². The van der Waals surface area contributed by atoms with Gasteiger partial charge >= 0.3 is 0 Å². The monoisotopic (exact) mass is 262 g/mol. The van der Waals surface area contributed by atoms with Gasteiger partial charge in [-0.25, -0.2) is 0 Å². The molecular formula is C4H9LuNO. The Morgan fingerprint density at radius 3 is 1.86 bits per heavy atom. The van der Waals surface area contributed by atoms with Gasteiger partial charge in [0.1, 0.15) is 0 Å². The molecule has 7 heavy (non-hydrogen) atoms. The minimum atomic E-state index is 0. The van der Waals surface area contributed by atoms with Crippen molar-refractivity contribution in [1.82, 2.24) is 5.32 Å². The van der Waals surface area contributed by atoms with Crippen LogP contribution < -0.4 is 5.32 Å². The van der Waals surface area contributed by atoms with Gasteiger partial charge in [-0.15, -0.1) is 0 Å². The largest absolute Gasteiger partial charge is 0.379 e. The number of hydrogen-bond acceptors (Lipinski definition) is 2. The van der Waals surface area contributed by atoms with Gasteiger partial charge in [-0.2, -0.15) is 0 Å². The molecule has 0 aromatic heterocycles. The topological polar surface area (TPSA) is 21.3 Å². The fraction of sp³-hybridized carbons (Fsp3) is 1.00. The van der Waals surface area contributed by atoms with Crippen molar-refractivity contribution in [2.75, 3.05) is 26.3 Å². The SMILES string of the molecule is C1COCCN1.[Lu]. The van der Waals surface area contributed by atoms with E-state index in [2.05, 4.69) is 5.32 Å². The Morgan fingerprint density at radius 2 is 1.71 bits per heavy atom. The van der Waals surface area contributed by atoms with E-state index >= 15 is 0 Å². The average Bonchev–Trinajstić information content (AvgIpc) is 1.72. The third-order valence-corrected chi connectivity index (χ3v) is 0.846. The van der Waals surface area contributed by atoms with Crippen LogP contribution in [-0.2, 0) is 4.74 Å². The molecule has 1 rings (SSSR count). The molecule has 51 valence electrons. The molecule has 0 atom stereocenters. The fourth-order valence-corrected chi connectivity index (χ4v) is 0.516. The molecule has 0 saturated carbocycles. The van der Waals surface area contributed by atoms with Crippen molar-refractivity contribution < 1.29 is 41.6 Å². The number of ether oxygens (including phenoxy) is 1. The van der Waals surface area contributed by atoms with Crippen LogP contribution in [0.2, 0.25) is 0 Å². The van der Waals surface area contributed by atoms with E-state index < -0.39 is 0 Å². The van der Waals surface area contributed by atoms with Gasteiger partial charge in [0.15, 0.2) is 0 Å². The normalized spacial score (nSPS) is 20.6. The van der Waals surface area contributed by atoms with E-state index in [4.69, 9.17) is 4.74 Å². The van der Waals surface area contributed by atoms with E-state index in [0.717, 1.165) is 26.3 Å². The van der Waals surface area contributed by atoms with Gasteiger partial charge in [0, 0.05) is 50.0 Å². The first-order valence-electron chi connectivity index (χ1n) is 2.28. The molecule has 1 saturated heterocycles. The van der Waals surface area contributed by atoms with Gasteiger partial charge in [-0.05, 0) is 0 Å². The van der Waals surface area contributed by atoms with E-state index in [1.54, 1.807) is 0 Å². The molecule has 0 aliphatic carbocycles. The molecule has 2 nitrogen and oxygen atoms in total. The Hall–Kier alpha value is 1.15. The molecule has 1 heterocycles. The zero-order chi connectivity index (χ0) is 4.24. The summed E-state index contributed by atoms with van der Waals surface area (Å²) in [6.45, 7) is 3.83. The predicted octanol–water partition coefficient (Wildman–Crippen LogP) is -0.394. The van der Waals surface area contributed by atoms with E-state index in [-0.39, 0.29) is 36.9 Å². The van der Waals surface area contributed by atoms with Gasteiger partial charge in [0.2, 0.25) is 0 Å². The zero-order valence-electron chi connectivity index (χ0n) is 3.99. The number of hydrogen-bond donors (Lipinski definition) is 1. The molecule has 0 aromatic rings. The summed E-state index contributed by atoms with van der Waals surface area (Å²) < 4.78 is 5.01. The fourth-order valence-electron chi connectivity index (χ4n) is 0.516. The van der Waals surface area contributed by atoms with Crippen LogP contribution in [0.3, 0.4) is 0 Å². The third kappa shape index (κ3) is 3.71. The summed E-state index contributed by atoms with van der Waals surface area (Å²) in [5, 5.41) is 3.16. The van der Waals surface area contributed by atoms with Crippen molar-refractivity contribution >= 4 is 0 Å². The number of rotatable bonds is 0. The summed E-state index contributed by atoms with van der Waals surface area (Å²) in [5.74, 6) is 0. The van der Waals surface area contributed by atoms with Crippen LogP contribution in [0, 0.1) is 36.9 Å². The van der Waals surface area contributed by atoms with Crippen molar-refractivity contribution in [1.29, 1.82) is 0 Å². The Kier molecular flexibility index (Phi) is 6.17. The second-order valence-corrected chi connectivity index (χ2v) is 1.36. The number of morpholine rings is 1. The predicted molar refractivity (Wildman–Crippen MR) is 23.7 cm³/mol. The van der Waals surface area contributed by atoms with Gasteiger partial charge < -0.3 is 10.1 Å².